The number of hydrogen-bond donors (Lipinski definition) is 2. The maximum absolute atomic E-state index is 11.5. The van der Waals surface area contributed by atoms with E-state index < -0.39 is 12.0 Å². The van der Waals surface area contributed by atoms with Crippen molar-refractivity contribution < 1.29 is 19.4 Å². The fraction of sp³-hybridized carbons (Fsp3) is 0.913. The molecule has 170 valence electrons. The Morgan fingerprint density at radius 1 is 0.767 bits per heavy atom. The molecule has 0 bridgehead atoms. The van der Waals surface area contributed by atoms with Crippen LogP contribution in [0.15, 0.2) is 0 Å². The number of nitrogens with two attached hydrogens (primary N) is 1. The number of hydrogen-bond acceptors (Lipinski definition) is 4. The van der Waals surface area contributed by atoms with Gasteiger partial charge in [0.1, 0.15) is 6.04 Å². The van der Waals surface area contributed by atoms with Gasteiger partial charge in [0.2, 0.25) is 0 Å². The normalized spacial score (nSPS) is 11.3. The summed E-state index contributed by atoms with van der Waals surface area (Å²) in [6.07, 6.45) is 21.3. The summed E-state index contributed by atoms with van der Waals surface area (Å²) in [7, 11) is 0. The minimum atomic E-state index is -1.08. The zero-order chi connectivity index (χ0) is 20.9. The van der Waals surface area contributed by atoms with Crippen LogP contribution in [-0.2, 0) is 14.3 Å². The van der Waals surface area contributed by atoms with Crippen molar-refractivity contribution in [2.24, 2.45) is 5.73 Å². The van der Waals surface area contributed by atoms with E-state index in [9.17, 15) is 9.59 Å². The molecule has 7 heteroatoms. The number of unbranched alkanes of at least 4 members (excludes halogenated alkanes) is 15. The van der Waals surface area contributed by atoms with Crippen LogP contribution >= 0.6 is 0 Å². The van der Waals surface area contributed by atoms with E-state index in [0.29, 0.717) is 6.61 Å². The number of esters is 1. The van der Waals surface area contributed by atoms with Crippen molar-refractivity contribution in [3.63, 3.8) is 0 Å². The fourth-order valence-corrected chi connectivity index (χ4v) is 3.31. The Morgan fingerprint density at radius 3 is 1.50 bits per heavy atom. The van der Waals surface area contributed by atoms with Crippen LogP contribution in [0.5, 0.6) is 0 Å². The molecule has 0 spiro atoms. The predicted molar refractivity (Wildman–Crippen MR) is 130 cm³/mol. The van der Waals surface area contributed by atoms with Gasteiger partial charge in [-0.1, -0.05) is 103 Å². The summed E-state index contributed by atoms with van der Waals surface area (Å²) >= 11 is 0. The maximum atomic E-state index is 11.5. The molecule has 0 heterocycles. The molecule has 0 saturated carbocycles. The van der Waals surface area contributed by atoms with Gasteiger partial charge >= 0.3 is 92.9 Å². The van der Waals surface area contributed by atoms with Gasteiger partial charge in [-0.2, -0.15) is 0 Å². The van der Waals surface area contributed by atoms with Gasteiger partial charge in [-0.15, -0.1) is 0 Å². The molecule has 0 aromatic heterocycles. The summed E-state index contributed by atoms with van der Waals surface area (Å²) in [5.41, 5.74) is 5.35. The molecule has 3 N–H and O–H groups in total. The Hall–Kier alpha value is 1.54. The molecule has 0 aliphatic carbocycles. The molecule has 0 fully saturated rings. The van der Waals surface area contributed by atoms with Crippen LogP contribution < -0.4 is 5.73 Å². The molecule has 0 rings (SSSR count). The SMILES string of the molecule is CCCCCCCCCCCCCCCCCCOC(=O)CC[C@H](N)C(=O)O.[KH].[NaH]. The number of rotatable bonds is 21. The van der Waals surface area contributed by atoms with E-state index in [2.05, 4.69) is 6.92 Å². The first-order valence-corrected chi connectivity index (χ1v) is 11.7. The van der Waals surface area contributed by atoms with Crippen LogP contribution in [0.4, 0.5) is 0 Å². The van der Waals surface area contributed by atoms with Gasteiger partial charge in [-0.25, -0.2) is 0 Å². The summed E-state index contributed by atoms with van der Waals surface area (Å²) < 4.78 is 5.10. The summed E-state index contributed by atoms with van der Waals surface area (Å²) in [4.78, 5) is 22.0. The Bertz CT molecular complexity index is 386. The molecular weight excluding hydrogens is 416 g/mol. The average molecular weight is 464 g/mol. The van der Waals surface area contributed by atoms with Gasteiger partial charge in [-0.05, 0) is 12.8 Å². The number of carboxylic acid groups (broad SMARTS) is 1. The van der Waals surface area contributed by atoms with Crippen molar-refractivity contribution in [1.29, 1.82) is 0 Å². The Kier molecular flexibility index (Phi) is 34.4. The van der Waals surface area contributed by atoms with E-state index in [1.807, 2.05) is 0 Å². The van der Waals surface area contributed by atoms with E-state index in [0.717, 1.165) is 12.8 Å². The molecule has 0 aliphatic heterocycles. The molecular formula is C23H47KNNaO4. The van der Waals surface area contributed by atoms with E-state index in [1.165, 1.54) is 89.9 Å². The van der Waals surface area contributed by atoms with Crippen LogP contribution in [0.25, 0.3) is 0 Å². The zero-order valence-corrected chi connectivity index (χ0v) is 18.3. The predicted octanol–water partition coefficient (Wildman–Crippen LogP) is 4.69. The molecule has 0 aromatic rings. The van der Waals surface area contributed by atoms with E-state index in [4.69, 9.17) is 15.6 Å². The topological polar surface area (TPSA) is 89.6 Å². The van der Waals surface area contributed by atoms with Crippen molar-refractivity contribution >= 4 is 92.9 Å². The van der Waals surface area contributed by atoms with Crippen molar-refractivity contribution in [3.8, 4) is 0 Å². The van der Waals surface area contributed by atoms with Gasteiger partial charge in [0, 0.05) is 6.42 Å². The Balaban J connectivity index is -0.00000364. The fourth-order valence-electron chi connectivity index (χ4n) is 3.31. The molecule has 0 unspecified atom stereocenters. The molecule has 0 saturated heterocycles. The van der Waals surface area contributed by atoms with Gasteiger partial charge in [0.15, 0.2) is 0 Å². The molecule has 0 amide bonds. The molecule has 0 aliphatic rings. The second kappa shape index (κ2) is 28.6. The quantitative estimate of drug-likeness (QED) is 0.146. The van der Waals surface area contributed by atoms with E-state index in [1.54, 1.807) is 0 Å². The van der Waals surface area contributed by atoms with Gasteiger partial charge < -0.3 is 15.6 Å². The monoisotopic (exact) mass is 463 g/mol. The molecule has 5 nitrogen and oxygen atoms in total. The first-order valence-electron chi connectivity index (χ1n) is 11.7. The van der Waals surface area contributed by atoms with Gasteiger partial charge in [-0.3, -0.25) is 9.59 Å². The zero-order valence-electron chi connectivity index (χ0n) is 18.3. The van der Waals surface area contributed by atoms with Crippen LogP contribution in [0, 0.1) is 0 Å². The van der Waals surface area contributed by atoms with Crippen molar-refractivity contribution in [3.05, 3.63) is 0 Å². The molecule has 0 aromatic carbocycles. The second-order valence-electron chi connectivity index (χ2n) is 8.01. The van der Waals surface area contributed by atoms with Crippen LogP contribution in [0.2, 0.25) is 0 Å². The van der Waals surface area contributed by atoms with Crippen molar-refractivity contribution in [2.75, 3.05) is 6.61 Å². The van der Waals surface area contributed by atoms with Crippen molar-refractivity contribution in [2.45, 2.75) is 129 Å². The number of carbonyl (C=O) groups is 2. The number of carboxylic acids is 1. The number of carbonyl (C=O) groups excluding carboxylic acids is 1. The van der Waals surface area contributed by atoms with Gasteiger partial charge in [0.05, 0.1) is 6.61 Å². The summed E-state index contributed by atoms with van der Waals surface area (Å²) in [6, 6.07) is -0.983. The van der Waals surface area contributed by atoms with E-state index >= 15 is 0 Å². The van der Waals surface area contributed by atoms with Crippen LogP contribution in [0.1, 0.15) is 122 Å². The first kappa shape index (κ1) is 36.1. The second-order valence-corrected chi connectivity index (χ2v) is 8.01. The average Bonchev–Trinajstić information content (AvgIpc) is 2.68. The van der Waals surface area contributed by atoms with Crippen LogP contribution in [-0.4, -0.2) is 111 Å². The number of aliphatic carboxylic acids is 1. The Morgan fingerprint density at radius 2 is 1.13 bits per heavy atom. The minimum absolute atomic E-state index is 0. The van der Waals surface area contributed by atoms with Crippen LogP contribution in [0.3, 0.4) is 0 Å². The summed E-state index contributed by atoms with van der Waals surface area (Å²) in [5, 5.41) is 8.65. The van der Waals surface area contributed by atoms with E-state index in [-0.39, 0.29) is 99.8 Å². The Labute approximate surface area is 250 Å². The third-order valence-electron chi connectivity index (χ3n) is 5.24. The van der Waals surface area contributed by atoms with Gasteiger partial charge in [0.25, 0.3) is 0 Å². The first-order chi connectivity index (χ1) is 13.6. The van der Waals surface area contributed by atoms with Crippen molar-refractivity contribution in [1.82, 2.24) is 0 Å². The summed E-state index contributed by atoms with van der Waals surface area (Å²) in [6.45, 7) is 2.70. The standard InChI is InChI=1S/C23H45NO4.K.Na.2H/c1-2-3-4-5-6-7-8-9-10-11-12-13-14-15-16-17-20-28-22(25)19-18-21(24)23(26)27;;;;/h21H,2-20,24H2,1H3,(H,26,27);;;;/t21-;;;;/m0..../s1. The third-order valence-corrected chi connectivity index (χ3v) is 5.24. The third kappa shape index (κ3) is 27.6. The summed E-state index contributed by atoms with van der Waals surface area (Å²) in [5.74, 6) is -1.43. The number of ether oxygens (including phenoxy) is 1. The molecule has 0 radical (unpaired) electrons. The molecule has 1 atom stereocenters. The molecule has 30 heavy (non-hydrogen) atoms.